The van der Waals surface area contributed by atoms with Gasteiger partial charge >= 0.3 is 0 Å². The molecule has 0 unspecified atom stereocenters. The highest BCUT2D eigenvalue weighted by atomic mass is 32.1. The first-order chi connectivity index (χ1) is 25.3. The Labute approximate surface area is 297 Å². The van der Waals surface area contributed by atoms with Gasteiger partial charge in [0, 0.05) is 59.5 Å². The van der Waals surface area contributed by atoms with E-state index in [-0.39, 0.29) is 0 Å². The molecular formula is C46H30N4S. The van der Waals surface area contributed by atoms with E-state index < -0.39 is 0 Å². The zero-order chi connectivity index (χ0) is 33.5. The lowest BCUT2D eigenvalue weighted by molar-refractivity contribution is 0.960. The van der Waals surface area contributed by atoms with Crippen LogP contribution in [-0.4, -0.2) is 21.6 Å². The van der Waals surface area contributed by atoms with E-state index in [1.807, 2.05) is 11.3 Å². The van der Waals surface area contributed by atoms with Gasteiger partial charge in [-0.1, -0.05) is 109 Å². The zero-order valence-corrected chi connectivity index (χ0v) is 28.4. The van der Waals surface area contributed by atoms with E-state index in [4.69, 9.17) is 4.99 Å². The van der Waals surface area contributed by atoms with Crippen molar-refractivity contribution in [2.45, 2.75) is 0 Å². The number of para-hydroxylation sites is 3. The number of thiophene rings is 1. The van der Waals surface area contributed by atoms with Crippen molar-refractivity contribution < 1.29 is 0 Å². The van der Waals surface area contributed by atoms with E-state index in [1.165, 1.54) is 63.9 Å². The van der Waals surface area contributed by atoms with Crippen molar-refractivity contribution in [3.8, 4) is 16.8 Å². The van der Waals surface area contributed by atoms with Gasteiger partial charge in [0.2, 0.25) is 5.96 Å². The van der Waals surface area contributed by atoms with Gasteiger partial charge in [-0.05, 0) is 65.7 Å². The van der Waals surface area contributed by atoms with Gasteiger partial charge in [-0.2, -0.15) is 0 Å². The Hall–Kier alpha value is -6.43. The standard InChI is InChI=1S/C46H30N4S/c1-5-19-40-33(13-1)34-14-2-6-20-41(34)49(40)31-12-9-11-30(27-31)39-25-26-47-46(48-39)50-42-21-7-3-15-35(42)38-28-29(23-24-43(38)50)32-17-10-18-37-36-16-4-8-22-44(36)51-45(32)37/h1-25,27-28H,26H2,(H,47,48). The van der Waals surface area contributed by atoms with Crippen molar-refractivity contribution in [3.63, 3.8) is 0 Å². The molecule has 0 bridgehead atoms. The van der Waals surface area contributed by atoms with Crippen LogP contribution in [-0.2, 0) is 0 Å². The summed E-state index contributed by atoms with van der Waals surface area (Å²) in [5.41, 5.74) is 10.3. The van der Waals surface area contributed by atoms with Gasteiger partial charge in [-0.3, -0.25) is 4.57 Å². The van der Waals surface area contributed by atoms with Crippen LogP contribution in [0.1, 0.15) is 5.56 Å². The lowest BCUT2D eigenvalue weighted by atomic mass is 10.0. The molecule has 0 spiro atoms. The Morgan fingerprint density at radius 1 is 0.490 bits per heavy atom. The van der Waals surface area contributed by atoms with E-state index in [2.05, 4.69) is 178 Å². The van der Waals surface area contributed by atoms with Gasteiger partial charge in [0.25, 0.3) is 0 Å². The fraction of sp³-hybridized carbons (Fsp3) is 0.0217. The van der Waals surface area contributed by atoms with Gasteiger partial charge in [-0.25, -0.2) is 4.99 Å². The van der Waals surface area contributed by atoms with Crippen molar-refractivity contribution in [1.29, 1.82) is 0 Å². The van der Waals surface area contributed by atoms with Crippen LogP contribution in [0.2, 0.25) is 0 Å². The summed E-state index contributed by atoms with van der Waals surface area (Å²) in [5.74, 6) is 0.834. The summed E-state index contributed by atoms with van der Waals surface area (Å²) < 4.78 is 7.31. The minimum absolute atomic E-state index is 0.688. The average Bonchev–Trinajstić information content (AvgIpc) is 3.86. The fourth-order valence-corrected chi connectivity index (χ4v) is 9.34. The summed E-state index contributed by atoms with van der Waals surface area (Å²) in [6, 6.07) is 57.1. The van der Waals surface area contributed by atoms with Gasteiger partial charge in [-0.15, -0.1) is 11.3 Å². The lowest BCUT2D eigenvalue weighted by Gasteiger charge is -2.18. The molecule has 1 aliphatic rings. The summed E-state index contributed by atoms with van der Waals surface area (Å²) in [6.07, 6.45) is 2.19. The zero-order valence-electron chi connectivity index (χ0n) is 27.5. The molecule has 1 aliphatic heterocycles. The quantitative estimate of drug-likeness (QED) is 0.199. The third kappa shape index (κ3) is 4.28. The number of rotatable bonds is 3. The van der Waals surface area contributed by atoms with Crippen LogP contribution in [0.15, 0.2) is 169 Å². The molecule has 240 valence electrons. The number of hydrogen-bond acceptors (Lipinski definition) is 3. The molecule has 0 radical (unpaired) electrons. The second kappa shape index (κ2) is 11.0. The molecule has 0 saturated heterocycles. The largest absolute Gasteiger partial charge is 0.352 e. The third-order valence-corrected chi connectivity index (χ3v) is 11.6. The number of aliphatic imine (C=N–C) groups is 1. The first-order valence-electron chi connectivity index (χ1n) is 17.4. The molecule has 0 fully saturated rings. The molecule has 51 heavy (non-hydrogen) atoms. The van der Waals surface area contributed by atoms with Crippen molar-refractivity contribution >= 4 is 86.8 Å². The summed E-state index contributed by atoms with van der Waals surface area (Å²) in [5, 5.41) is 11.2. The molecule has 0 atom stereocenters. The van der Waals surface area contributed by atoms with Crippen LogP contribution in [0.4, 0.5) is 0 Å². The van der Waals surface area contributed by atoms with Crippen LogP contribution in [0, 0.1) is 0 Å². The van der Waals surface area contributed by atoms with E-state index in [1.54, 1.807) is 0 Å². The second-order valence-electron chi connectivity index (χ2n) is 13.2. The van der Waals surface area contributed by atoms with E-state index in [9.17, 15) is 0 Å². The Balaban J connectivity index is 1.04. The lowest BCUT2D eigenvalue weighted by Crippen LogP contribution is -2.32. The number of benzene rings is 7. The summed E-state index contributed by atoms with van der Waals surface area (Å²) >= 11 is 1.88. The molecule has 4 heterocycles. The number of nitrogens with one attached hydrogen (secondary N) is 1. The molecule has 10 aromatic rings. The predicted molar refractivity (Wildman–Crippen MR) is 217 cm³/mol. The first-order valence-corrected chi connectivity index (χ1v) is 18.2. The highest BCUT2D eigenvalue weighted by molar-refractivity contribution is 7.26. The van der Waals surface area contributed by atoms with Crippen LogP contribution in [0.3, 0.4) is 0 Å². The summed E-state index contributed by atoms with van der Waals surface area (Å²) in [7, 11) is 0. The Bertz CT molecular complexity index is 3040. The third-order valence-electron chi connectivity index (χ3n) is 10.4. The van der Waals surface area contributed by atoms with Crippen LogP contribution >= 0.6 is 11.3 Å². The molecule has 3 aromatic heterocycles. The van der Waals surface area contributed by atoms with Crippen molar-refractivity contribution in [2.75, 3.05) is 6.54 Å². The van der Waals surface area contributed by atoms with E-state index in [0.29, 0.717) is 6.54 Å². The molecule has 11 rings (SSSR count). The maximum absolute atomic E-state index is 5.31. The van der Waals surface area contributed by atoms with Gasteiger partial charge in [0.15, 0.2) is 0 Å². The predicted octanol–water partition coefficient (Wildman–Crippen LogP) is 11.8. The van der Waals surface area contributed by atoms with Crippen LogP contribution in [0.25, 0.3) is 86.3 Å². The van der Waals surface area contributed by atoms with Crippen molar-refractivity contribution in [1.82, 2.24) is 14.5 Å². The topological polar surface area (TPSA) is 34.2 Å². The number of hydrogen-bond donors (Lipinski definition) is 1. The molecule has 7 aromatic carbocycles. The maximum atomic E-state index is 5.31. The molecule has 1 N–H and O–H groups in total. The van der Waals surface area contributed by atoms with Gasteiger partial charge in [0.05, 0.1) is 27.8 Å². The molecule has 5 heteroatoms. The summed E-state index contributed by atoms with van der Waals surface area (Å²) in [4.78, 5) is 5.31. The van der Waals surface area contributed by atoms with Gasteiger partial charge in [0.1, 0.15) is 0 Å². The first kappa shape index (κ1) is 28.4. The summed E-state index contributed by atoms with van der Waals surface area (Å²) in [6.45, 7) is 0.688. The average molecular weight is 671 g/mol. The number of aromatic nitrogens is 2. The van der Waals surface area contributed by atoms with Crippen molar-refractivity contribution in [3.05, 3.63) is 169 Å². The number of nitrogens with zero attached hydrogens (tertiary/aromatic N) is 3. The fourth-order valence-electron chi connectivity index (χ4n) is 8.10. The van der Waals surface area contributed by atoms with E-state index in [0.717, 1.165) is 33.9 Å². The van der Waals surface area contributed by atoms with Crippen LogP contribution in [0.5, 0.6) is 0 Å². The Morgan fingerprint density at radius 2 is 1.12 bits per heavy atom. The minimum Gasteiger partial charge on any atom is -0.352 e. The highest BCUT2D eigenvalue weighted by Crippen LogP contribution is 2.41. The maximum Gasteiger partial charge on any atom is 0.208 e. The molecular weight excluding hydrogens is 641 g/mol. The minimum atomic E-state index is 0.688. The van der Waals surface area contributed by atoms with E-state index >= 15 is 0 Å². The molecule has 0 aliphatic carbocycles. The molecule has 0 saturated carbocycles. The smallest absolute Gasteiger partial charge is 0.208 e. The SMILES string of the molecule is C1=C(c2cccc(-n3c4ccccc4c4ccccc43)c2)N=C(n2c3ccccc3c3cc(-c4cccc5c4sc4ccccc45)ccc32)NC1. The highest BCUT2D eigenvalue weighted by Gasteiger charge is 2.20. The second-order valence-corrected chi connectivity index (χ2v) is 14.2. The molecule has 0 amide bonds. The molecule has 4 nitrogen and oxygen atoms in total. The Kier molecular flexibility index (Phi) is 6.15. The number of fused-ring (bicyclic) bond motifs is 9. The Morgan fingerprint density at radius 3 is 1.90 bits per heavy atom. The van der Waals surface area contributed by atoms with Gasteiger partial charge < -0.3 is 9.88 Å². The van der Waals surface area contributed by atoms with Crippen LogP contribution < -0.4 is 5.32 Å². The normalized spacial score (nSPS) is 13.4. The monoisotopic (exact) mass is 670 g/mol. The van der Waals surface area contributed by atoms with Crippen molar-refractivity contribution in [2.24, 2.45) is 4.99 Å².